The molecule has 0 aliphatic carbocycles. The van der Waals surface area contributed by atoms with E-state index in [1.54, 1.807) is 18.2 Å². The molecule has 0 aromatic heterocycles. The van der Waals surface area contributed by atoms with Crippen molar-refractivity contribution in [2.45, 2.75) is 19.4 Å². The summed E-state index contributed by atoms with van der Waals surface area (Å²) in [4.78, 5) is 0. The molecular formula is C12H15ClFN. The molecule has 0 aliphatic heterocycles. The van der Waals surface area contributed by atoms with Gasteiger partial charge in [0.15, 0.2) is 0 Å². The molecule has 15 heavy (non-hydrogen) atoms. The number of benzene rings is 1. The van der Waals surface area contributed by atoms with Crippen LogP contribution >= 0.6 is 11.6 Å². The molecule has 1 rings (SSSR count). The van der Waals surface area contributed by atoms with Crippen molar-refractivity contribution in [2.24, 2.45) is 0 Å². The van der Waals surface area contributed by atoms with Crippen LogP contribution in [0.5, 0.6) is 0 Å². The first-order valence-electron chi connectivity index (χ1n) is 5.00. The van der Waals surface area contributed by atoms with Crippen LogP contribution in [0.4, 0.5) is 4.39 Å². The molecule has 0 heterocycles. The third-order valence-electron chi connectivity index (χ3n) is 2.15. The third-order valence-corrected chi connectivity index (χ3v) is 2.46. The molecule has 0 saturated carbocycles. The molecule has 0 spiro atoms. The highest BCUT2D eigenvalue weighted by molar-refractivity contribution is 6.30. The summed E-state index contributed by atoms with van der Waals surface area (Å²) in [6.45, 7) is 6.68. The summed E-state index contributed by atoms with van der Waals surface area (Å²) in [5, 5.41) is 3.40. The molecule has 0 fully saturated rings. The van der Waals surface area contributed by atoms with Gasteiger partial charge in [0.05, 0.1) is 11.1 Å². The minimum absolute atomic E-state index is 0.0169. The third kappa shape index (κ3) is 3.33. The van der Waals surface area contributed by atoms with Crippen LogP contribution in [-0.2, 0) is 0 Å². The first kappa shape index (κ1) is 12.2. The van der Waals surface area contributed by atoms with Crippen LogP contribution in [0.25, 0.3) is 0 Å². The van der Waals surface area contributed by atoms with Gasteiger partial charge in [0.1, 0.15) is 5.82 Å². The van der Waals surface area contributed by atoms with Gasteiger partial charge in [0, 0.05) is 0 Å². The van der Waals surface area contributed by atoms with Gasteiger partial charge < -0.3 is 5.32 Å². The fourth-order valence-electron chi connectivity index (χ4n) is 1.34. The summed E-state index contributed by atoms with van der Waals surface area (Å²) in [6, 6.07) is 4.80. The maximum Gasteiger partial charge on any atom is 0.142 e. The van der Waals surface area contributed by atoms with Crippen LogP contribution in [-0.4, -0.2) is 6.54 Å². The van der Waals surface area contributed by atoms with E-state index < -0.39 is 0 Å². The molecule has 0 saturated heterocycles. The SMILES string of the molecule is C=CC(NCCC)c1ccc(Cl)c(F)c1. The lowest BCUT2D eigenvalue weighted by atomic mass is 10.1. The van der Waals surface area contributed by atoms with Crippen LogP contribution in [0.15, 0.2) is 30.9 Å². The van der Waals surface area contributed by atoms with E-state index in [2.05, 4.69) is 18.8 Å². The lowest BCUT2D eigenvalue weighted by Crippen LogP contribution is -2.20. The van der Waals surface area contributed by atoms with E-state index in [1.807, 2.05) is 0 Å². The molecule has 0 aliphatic rings. The Morgan fingerprint density at radius 2 is 2.33 bits per heavy atom. The number of hydrogen-bond acceptors (Lipinski definition) is 1. The summed E-state index contributed by atoms with van der Waals surface area (Å²) < 4.78 is 13.2. The first-order valence-corrected chi connectivity index (χ1v) is 5.37. The Hall–Kier alpha value is -0.860. The van der Waals surface area contributed by atoms with Crippen molar-refractivity contribution in [3.8, 4) is 0 Å². The van der Waals surface area contributed by atoms with Gasteiger partial charge in [-0.05, 0) is 30.7 Å². The van der Waals surface area contributed by atoms with Gasteiger partial charge in [-0.25, -0.2) is 4.39 Å². The van der Waals surface area contributed by atoms with Crippen LogP contribution < -0.4 is 5.32 Å². The summed E-state index contributed by atoms with van der Waals surface area (Å²) >= 11 is 5.61. The smallest absolute Gasteiger partial charge is 0.142 e. The van der Waals surface area contributed by atoms with E-state index in [-0.39, 0.29) is 16.9 Å². The summed E-state index contributed by atoms with van der Waals surface area (Å²) in [7, 11) is 0. The molecule has 1 N–H and O–H groups in total. The Labute approximate surface area is 95.0 Å². The number of hydrogen-bond donors (Lipinski definition) is 1. The van der Waals surface area contributed by atoms with Crippen molar-refractivity contribution in [2.75, 3.05) is 6.54 Å². The van der Waals surface area contributed by atoms with Crippen molar-refractivity contribution >= 4 is 11.6 Å². The van der Waals surface area contributed by atoms with Gasteiger partial charge in [-0.15, -0.1) is 6.58 Å². The maximum atomic E-state index is 13.2. The number of rotatable bonds is 5. The number of nitrogens with one attached hydrogen (secondary N) is 1. The van der Waals surface area contributed by atoms with Crippen LogP contribution in [0, 0.1) is 5.82 Å². The van der Waals surface area contributed by atoms with Gasteiger partial charge in [-0.1, -0.05) is 30.7 Å². The van der Waals surface area contributed by atoms with Gasteiger partial charge in [0.25, 0.3) is 0 Å². The Balaban J connectivity index is 2.82. The van der Waals surface area contributed by atoms with Crippen molar-refractivity contribution in [3.63, 3.8) is 0 Å². The quantitative estimate of drug-likeness (QED) is 0.757. The maximum absolute atomic E-state index is 13.2. The minimum Gasteiger partial charge on any atom is -0.307 e. The van der Waals surface area contributed by atoms with Gasteiger partial charge in [-0.2, -0.15) is 0 Å². The fourth-order valence-corrected chi connectivity index (χ4v) is 1.46. The largest absolute Gasteiger partial charge is 0.307 e. The molecule has 0 radical (unpaired) electrons. The molecule has 1 unspecified atom stereocenters. The zero-order chi connectivity index (χ0) is 11.3. The van der Waals surface area contributed by atoms with Crippen molar-refractivity contribution in [1.82, 2.24) is 5.32 Å². The highest BCUT2D eigenvalue weighted by Gasteiger charge is 2.08. The second kappa shape index (κ2) is 5.89. The summed E-state index contributed by atoms with van der Waals surface area (Å²) in [6.07, 6.45) is 2.79. The van der Waals surface area contributed by atoms with E-state index >= 15 is 0 Å². The van der Waals surface area contributed by atoms with E-state index in [0.717, 1.165) is 18.5 Å². The van der Waals surface area contributed by atoms with E-state index in [0.29, 0.717) is 0 Å². The minimum atomic E-state index is -0.390. The lowest BCUT2D eigenvalue weighted by molar-refractivity contribution is 0.596. The van der Waals surface area contributed by atoms with E-state index in [4.69, 9.17) is 11.6 Å². The Morgan fingerprint density at radius 3 is 2.87 bits per heavy atom. The number of halogens is 2. The molecular weight excluding hydrogens is 213 g/mol. The molecule has 82 valence electrons. The fraction of sp³-hybridized carbons (Fsp3) is 0.333. The second-order valence-corrected chi connectivity index (χ2v) is 3.75. The Morgan fingerprint density at radius 1 is 1.60 bits per heavy atom. The van der Waals surface area contributed by atoms with Crippen molar-refractivity contribution < 1.29 is 4.39 Å². The van der Waals surface area contributed by atoms with Crippen molar-refractivity contribution in [3.05, 3.63) is 47.3 Å². The normalized spacial score (nSPS) is 12.5. The predicted molar refractivity (Wildman–Crippen MR) is 62.6 cm³/mol. The van der Waals surface area contributed by atoms with Crippen LogP contribution in [0.1, 0.15) is 24.9 Å². The lowest BCUT2D eigenvalue weighted by Gasteiger charge is -2.14. The second-order valence-electron chi connectivity index (χ2n) is 3.34. The highest BCUT2D eigenvalue weighted by atomic mass is 35.5. The summed E-state index contributed by atoms with van der Waals surface area (Å²) in [5.74, 6) is -0.390. The first-order chi connectivity index (χ1) is 7.19. The molecule has 1 atom stereocenters. The summed E-state index contributed by atoms with van der Waals surface area (Å²) in [5.41, 5.74) is 0.848. The zero-order valence-electron chi connectivity index (χ0n) is 8.76. The van der Waals surface area contributed by atoms with Crippen LogP contribution in [0.2, 0.25) is 5.02 Å². The Bertz CT molecular complexity index is 338. The molecule has 3 heteroatoms. The average Bonchev–Trinajstić information content (AvgIpc) is 2.24. The van der Waals surface area contributed by atoms with Gasteiger partial charge >= 0.3 is 0 Å². The zero-order valence-corrected chi connectivity index (χ0v) is 9.52. The van der Waals surface area contributed by atoms with E-state index in [1.165, 1.54) is 6.07 Å². The highest BCUT2D eigenvalue weighted by Crippen LogP contribution is 2.20. The Kier molecular flexibility index (Phi) is 4.79. The molecule has 1 aromatic rings. The topological polar surface area (TPSA) is 12.0 Å². The van der Waals surface area contributed by atoms with Crippen LogP contribution in [0.3, 0.4) is 0 Å². The predicted octanol–water partition coefficient (Wildman–Crippen LogP) is 3.71. The molecule has 1 nitrogen and oxygen atoms in total. The van der Waals surface area contributed by atoms with E-state index in [9.17, 15) is 4.39 Å². The van der Waals surface area contributed by atoms with Gasteiger partial charge in [-0.3, -0.25) is 0 Å². The standard InChI is InChI=1S/C12H15ClFN/c1-3-7-15-12(4-2)9-5-6-10(13)11(14)8-9/h4-6,8,12,15H,2-3,7H2,1H3. The molecule has 0 bridgehead atoms. The molecule has 1 aromatic carbocycles. The average molecular weight is 228 g/mol. The molecule has 0 amide bonds. The van der Waals surface area contributed by atoms with Crippen molar-refractivity contribution in [1.29, 1.82) is 0 Å². The monoisotopic (exact) mass is 227 g/mol. The van der Waals surface area contributed by atoms with Gasteiger partial charge in [0.2, 0.25) is 0 Å².